The van der Waals surface area contributed by atoms with Gasteiger partial charge in [-0.25, -0.2) is 9.78 Å². The number of aryl methyl sites for hydroxylation is 1. The van der Waals surface area contributed by atoms with Gasteiger partial charge in [-0.1, -0.05) is 30.4 Å². The number of carbonyl (C=O) groups excluding carboxylic acids is 1. The Morgan fingerprint density at radius 3 is 2.68 bits per heavy atom. The van der Waals surface area contributed by atoms with E-state index in [0.29, 0.717) is 50.0 Å². The lowest BCUT2D eigenvalue weighted by Gasteiger charge is -2.38. The largest absolute Gasteiger partial charge is 0.497 e. The molecule has 3 heterocycles. The molecule has 9 nitrogen and oxygen atoms in total. The van der Waals surface area contributed by atoms with Crippen LogP contribution in [0.15, 0.2) is 24.3 Å². The van der Waals surface area contributed by atoms with E-state index in [4.69, 9.17) is 9.47 Å². The summed E-state index contributed by atoms with van der Waals surface area (Å²) >= 11 is 1.44. The molecule has 1 aromatic carbocycles. The van der Waals surface area contributed by atoms with Crippen molar-refractivity contribution in [2.75, 3.05) is 39.9 Å². The van der Waals surface area contributed by atoms with Crippen LogP contribution < -0.4 is 4.74 Å². The first kappa shape index (κ1) is 21.4. The summed E-state index contributed by atoms with van der Waals surface area (Å²) < 4.78 is 12.1. The second-order valence-corrected chi connectivity index (χ2v) is 8.28. The summed E-state index contributed by atoms with van der Waals surface area (Å²) in [4.78, 5) is 22.1. The van der Waals surface area contributed by atoms with E-state index in [1.54, 1.807) is 18.9 Å². The van der Waals surface area contributed by atoms with Gasteiger partial charge in [-0.3, -0.25) is 4.90 Å². The summed E-state index contributed by atoms with van der Waals surface area (Å²) in [5, 5.41) is 15.4. The number of thiazole rings is 1. The lowest BCUT2D eigenvalue weighted by Crippen LogP contribution is -2.49. The van der Waals surface area contributed by atoms with Crippen molar-refractivity contribution in [2.45, 2.75) is 26.3 Å². The average molecular weight is 446 g/mol. The maximum absolute atomic E-state index is 12.1. The van der Waals surface area contributed by atoms with Gasteiger partial charge in [0.25, 0.3) is 0 Å². The van der Waals surface area contributed by atoms with Crippen LogP contribution in [-0.2, 0) is 11.2 Å². The van der Waals surface area contributed by atoms with Gasteiger partial charge in [0.05, 0.1) is 24.6 Å². The van der Waals surface area contributed by atoms with Gasteiger partial charge in [-0.15, -0.1) is 5.10 Å². The lowest BCUT2D eigenvalue weighted by atomic mass is 10.0. The Bertz CT molecular complexity index is 1060. The van der Waals surface area contributed by atoms with Crippen LogP contribution in [0.5, 0.6) is 11.6 Å². The summed E-state index contributed by atoms with van der Waals surface area (Å²) in [6, 6.07) is 7.64. The van der Waals surface area contributed by atoms with Gasteiger partial charge in [0.15, 0.2) is 5.82 Å². The molecule has 0 aliphatic carbocycles. The van der Waals surface area contributed by atoms with Crippen LogP contribution in [0.25, 0.3) is 4.96 Å². The molecule has 166 valence electrons. The smallest absolute Gasteiger partial charge is 0.409 e. The van der Waals surface area contributed by atoms with Crippen LogP contribution in [-0.4, -0.2) is 75.5 Å². The minimum absolute atomic E-state index is 0.104. The molecule has 3 aromatic rings. The minimum atomic E-state index is -0.284. The van der Waals surface area contributed by atoms with E-state index in [1.165, 1.54) is 15.9 Å². The molecule has 1 amide bonds. The first-order valence-electron chi connectivity index (χ1n) is 10.4. The Kier molecular flexibility index (Phi) is 6.28. The number of amides is 1. The molecule has 1 aliphatic heterocycles. The van der Waals surface area contributed by atoms with E-state index in [1.807, 2.05) is 31.2 Å². The summed E-state index contributed by atoms with van der Waals surface area (Å²) in [6.07, 6.45) is 0.423. The molecule has 2 aromatic heterocycles. The Hall–Kier alpha value is -2.85. The van der Waals surface area contributed by atoms with Crippen molar-refractivity contribution in [1.82, 2.24) is 24.4 Å². The SMILES string of the molecule is CCOC(=O)N1CCN([C@@H](c2cccc(OC)c2)c2sc3nc(CC)nn3c2O)CC1. The maximum Gasteiger partial charge on any atom is 0.409 e. The third-order valence-corrected chi connectivity index (χ3v) is 6.50. The molecule has 0 unspecified atom stereocenters. The number of aromatic hydroxyl groups is 1. The van der Waals surface area contributed by atoms with E-state index < -0.39 is 0 Å². The van der Waals surface area contributed by atoms with Gasteiger partial charge in [0.1, 0.15) is 5.75 Å². The van der Waals surface area contributed by atoms with Gasteiger partial charge >= 0.3 is 6.09 Å². The van der Waals surface area contributed by atoms with Crippen molar-refractivity contribution in [3.63, 3.8) is 0 Å². The molecule has 1 fully saturated rings. The van der Waals surface area contributed by atoms with Crippen LogP contribution in [0.4, 0.5) is 4.79 Å². The number of hydrogen-bond donors (Lipinski definition) is 1. The van der Waals surface area contributed by atoms with Gasteiger partial charge in [0.2, 0.25) is 10.8 Å². The predicted molar refractivity (Wildman–Crippen MR) is 117 cm³/mol. The Balaban J connectivity index is 1.68. The second kappa shape index (κ2) is 9.11. The van der Waals surface area contributed by atoms with Crippen LogP contribution in [0.2, 0.25) is 0 Å². The van der Waals surface area contributed by atoms with Gasteiger partial charge < -0.3 is 19.5 Å². The minimum Gasteiger partial charge on any atom is -0.497 e. The first-order chi connectivity index (χ1) is 15.0. The topological polar surface area (TPSA) is 92.4 Å². The lowest BCUT2D eigenvalue weighted by molar-refractivity contribution is 0.0715. The van der Waals surface area contributed by atoms with Gasteiger partial charge in [-0.05, 0) is 24.6 Å². The molecular weight excluding hydrogens is 418 g/mol. The Morgan fingerprint density at radius 2 is 2.03 bits per heavy atom. The fourth-order valence-corrected chi connectivity index (χ4v) is 4.97. The van der Waals surface area contributed by atoms with Crippen LogP contribution in [0.3, 0.4) is 0 Å². The third kappa shape index (κ3) is 4.17. The highest BCUT2D eigenvalue weighted by Crippen LogP contribution is 2.41. The van der Waals surface area contributed by atoms with Gasteiger partial charge in [0, 0.05) is 32.6 Å². The predicted octanol–water partition coefficient (Wildman–Crippen LogP) is 2.93. The normalized spacial score (nSPS) is 15.9. The number of rotatable bonds is 6. The van der Waals surface area contributed by atoms with E-state index in [-0.39, 0.29) is 18.0 Å². The number of piperazine rings is 1. The van der Waals surface area contributed by atoms with E-state index >= 15 is 0 Å². The summed E-state index contributed by atoms with van der Waals surface area (Å²) in [5.41, 5.74) is 0.999. The van der Waals surface area contributed by atoms with Crippen molar-refractivity contribution in [2.24, 2.45) is 0 Å². The number of ether oxygens (including phenoxy) is 2. The number of aromatic nitrogens is 3. The monoisotopic (exact) mass is 445 g/mol. The van der Waals surface area contributed by atoms with Crippen LogP contribution >= 0.6 is 11.3 Å². The highest BCUT2D eigenvalue weighted by Gasteiger charge is 2.33. The number of benzene rings is 1. The molecule has 0 saturated carbocycles. The molecular formula is C21H27N5O4S. The van der Waals surface area contributed by atoms with Crippen molar-refractivity contribution in [3.8, 4) is 11.6 Å². The number of methoxy groups -OCH3 is 1. The van der Waals surface area contributed by atoms with Crippen molar-refractivity contribution in [1.29, 1.82) is 0 Å². The molecule has 0 radical (unpaired) electrons. The third-order valence-electron chi connectivity index (χ3n) is 5.42. The molecule has 31 heavy (non-hydrogen) atoms. The standard InChI is InChI=1S/C21H27N5O4S/c1-4-16-22-20-26(23-16)19(27)18(31-20)17(14-7-6-8-15(13-14)29-3)24-9-11-25(12-10-24)21(28)30-5-2/h6-8,13,17,27H,4-5,9-12H2,1-3H3/t17-/m0/s1. The second-order valence-electron chi connectivity index (χ2n) is 7.27. The number of nitrogens with zero attached hydrogens (tertiary/aromatic N) is 5. The van der Waals surface area contributed by atoms with E-state index in [2.05, 4.69) is 15.0 Å². The van der Waals surface area contributed by atoms with E-state index in [9.17, 15) is 9.90 Å². The molecule has 1 atom stereocenters. The molecule has 1 saturated heterocycles. The molecule has 0 bridgehead atoms. The fraction of sp³-hybridized carbons (Fsp3) is 0.476. The zero-order valence-corrected chi connectivity index (χ0v) is 18.8. The highest BCUT2D eigenvalue weighted by atomic mass is 32.1. The molecule has 0 spiro atoms. The Labute approximate surface area is 184 Å². The quantitative estimate of drug-likeness (QED) is 0.624. The number of hydrogen-bond acceptors (Lipinski definition) is 8. The van der Waals surface area contributed by atoms with Crippen LogP contribution in [0.1, 0.15) is 36.2 Å². The number of carbonyl (C=O) groups is 1. The maximum atomic E-state index is 12.1. The Morgan fingerprint density at radius 1 is 1.26 bits per heavy atom. The molecule has 1 N–H and O–H groups in total. The zero-order valence-electron chi connectivity index (χ0n) is 17.9. The van der Waals surface area contributed by atoms with E-state index in [0.717, 1.165) is 16.2 Å². The molecule has 10 heteroatoms. The summed E-state index contributed by atoms with van der Waals surface area (Å²) in [6.45, 7) is 6.56. The molecule has 4 rings (SSSR count). The highest BCUT2D eigenvalue weighted by molar-refractivity contribution is 7.17. The summed E-state index contributed by atoms with van der Waals surface area (Å²) in [7, 11) is 1.64. The first-order valence-corrected chi connectivity index (χ1v) is 11.2. The van der Waals surface area contributed by atoms with Gasteiger partial charge in [-0.2, -0.15) is 4.52 Å². The average Bonchev–Trinajstić information content (AvgIpc) is 3.34. The number of fused-ring (bicyclic) bond motifs is 1. The summed E-state index contributed by atoms with van der Waals surface area (Å²) in [5.74, 6) is 1.56. The van der Waals surface area contributed by atoms with Crippen molar-refractivity contribution in [3.05, 3.63) is 40.5 Å². The van der Waals surface area contributed by atoms with Crippen LogP contribution in [0, 0.1) is 0 Å². The van der Waals surface area contributed by atoms with Crippen molar-refractivity contribution < 1.29 is 19.4 Å². The molecule has 1 aliphatic rings. The van der Waals surface area contributed by atoms with Crippen molar-refractivity contribution >= 4 is 22.4 Å². The zero-order chi connectivity index (χ0) is 22.0. The fourth-order valence-electron chi connectivity index (χ4n) is 3.84.